The molecule has 0 fully saturated rings. The molecular formula is C28H25N5O4S. The topological polar surface area (TPSA) is 121 Å². The highest BCUT2D eigenvalue weighted by atomic mass is 32.2. The van der Waals surface area contributed by atoms with E-state index in [1.807, 2.05) is 6.07 Å². The van der Waals surface area contributed by atoms with E-state index in [2.05, 4.69) is 20.8 Å². The number of benzene rings is 3. The summed E-state index contributed by atoms with van der Waals surface area (Å²) in [6.45, 7) is 1.16. The standard InChI is InChI=1S/C28H25N5O4S/c1-21(23-13-10-14-24(19-23)30-28(35)22-11-4-2-5-12-22)31-32-27(34)20-33(26-17-8-9-18-29-26)38(36,37)25-15-6-3-7-16-25/h2-19H,20H2,1H3,(H,30,35)(H,32,34)/b31-21-. The van der Waals surface area contributed by atoms with Gasteiger partial charge in [-0.05, 0) is 61.0 Å². The number of hydrazone groups is 1. The second-order valence-corrected chi connectivity index (χ2v) is 10.0. The van der Waals surface area contributed by atoms with Crippen molar-refractivity contribution in [3.8, 4) is 0 Å². The predicted molar refractivity (Wildman–Crippen MR) is 146 cm³/mol. The molecule has 0 unspecified atom stereocenters. The summed E-state index contributed by atoms with van der Waals surface area (Å²) in [5, 5.41) is 6.97. The van der Waals surface area contributed by atoms with Gasteiger partial charge < -0.3 is 5.32 Å². The lowest BCUT2D eigenvalue weighted by atomic mass is 10.1. The van der Waals surface area contributed by atoms with Crippen LogP contribution in [-0.2, 0) is 14.8 Å². The van der Waals surface area contributed by atoms with Crippen molar-refractivity contribution in [1.82, 2.24) is 10.4 Å². The number of hydrogen-bond donors (Lipinski definition) is 2. The van der Waals surface area contributed by atoms with Crippen LogP contribution in [0.25, 0.3) is 0 Å². The Hall–Kier alpha value is -4.83. The zero-order valence-electron chi connectivity index (χ0n) is 20.5. The van der Waals surface area contributed by atoms with E-state index >= 15 is 0 Å². The van der Waals surface area contributed by atoms with Crippen molar-refractivity contribution in [2.45, 2.75) is 11.8 Å². The zero-order chi connectivity index (χ0) is 27.0. The molecule has 0 aliphatic heterocycles. The maximum atomic E-state index is 13.3. The van der Waals surface area contributed by atoms with Crippen molar-refractivity contribution in [2.75, 3.05) is 16.2 Å². The highest BCUT2D eigenvalue weighted by Gasteiger charge is 2.27. The first-order valence-corrected chi connectivity index (χ1v) is 13.1. The van der Waals surface area contributed by atoms with E-state index in [9.17, 15) is 18.0 Å². The SMILES string of the molecule is C/C(=N/NC(=O)CN(c1ccccn1)S(=O)(=O)c1ccccc1)c1cccc(NC(=O)c2ccccc2)c1. The minimum absolute atomic E-state index is 0.0347. The van der Waals surface area contributed by atoms with E-state index in [0.29, 0.717) is 22.5 Å². The predicted octanol–water partition coefficient (Wildman–Crippen LogP) is 4.07. The van der Waals surface area contributed by atoms with Crippen LogP contribution in [-0.4, -0.2) is 37.5 Å². The lowest BCUT2D eigenvalue weighted by molar-refractivity contribution is -0.119. The van der Waals surface area contributed by atoms with Gasteiger partial charge in [0.15, 0.2) is 0 Å². The first kappa shape index (κ1) is 26.2. The minimum atomic E-state index is -4.06. The zero-order valence-corrected chi connectivity index (χ0v) is 21.3. The quantitative estimate of drug-likeness (QED) is 0.251. The van der Waals surface area contributed by atoms with Crippen LogP contribution in [0.5, 0.6) is 0 Å². The average molecular weight is 528 g/mol. The number of nitrogens with one attached hydrogen (secondary N) is 2. The molecule has 3 aromatic carbocycles. The maximum absolute atomic E-state index is 13.3. The fraction of sp³-hybridized carbons (Fsp3) is 0.0714. The number of sulfonamides is 1. The molecule has 2 amide bonds. The number of carbonyl (C=O) groups excluding carboxylic acids is 2. The number of amides is 2. The molecule has 0 atom stereocenters. The normalized spacial score (nSPS) is 11.4. The van der Waals surface area contributed by atoms with Crippen LogP contribution in [0.2, 0.25) is 0 Å². The number of nitrogens with zero attached hydrogens (tertiary/aromatic N) is 3. The van der Waals surface area contributed by atoms with Crippen molar-refractivity contribution >= 4 is 39.1 Å². The number of hydrogen-bond acceptors (Lipinski definition) is 6. The summed E-state index contributed by atoms with van der Waals surface area (Å²) in [4.78, 5) is 29.4. The van der Waals surface area contributed by atoms with Gasteiger partial charge in [-0.1, -0.05) is 54.6 Å². The summed E-state index contributed by atoms with van der Waals surface area (Å²) in [5.74, 6) is -0.794. The second kappa shape index (κ2) is 11.9. The van der Waals surface area contributed by atoms with Gasteiger partial charge in [0, 0.05) is 17.4 Å². The van der Waals surface area contributed by atoms with Crippen LogP contribution in [0, 0.1) is 0 Å². The third-order valence-electron chi connectivity index (χ3n) is 5.45. The summed E-state index contributed by atoms with van der Waals surface area (Å²) in [6, 6.07) is 28.5. The van der Waals surface area contributed by atoms with Gasteiger partial charge in [-0.3, -0.25) is 9.59 Å². The Morgan fingerprint density at radius 2 is 1.50 bits per heavy atom. The first-order chi connectivity index (χ1) is 18.3. The largest absolute Gasteiger partial charge is 0.322 e. The van der Waals surface area contributed by atoms with Gasteiger partial charge in [0.05, 0.1) is 10.6 Å². The number of anilines is 2. The highest BCUT2D eigenvalue weighted by molar-refractivity contribution is 7.92. The Balaban J connectivity index is 1.48. The fourth-order valence-electron chi connectivity index (χ4n) is 3.50. The van der Waals surface area contributed by atoms with Crippen LogP contribution in [0.1, 0.15) is 22.8 Å². The van der Waals surface area contributed by atoms with Gasteiger partial charge in [-0.25, -0.2) is 23.1 Å². The van der Waals surface area contributed by atoms with E-state index < -0.39 is 22.5 Å². The van der Waals surface area contributed by atoms with Gasteiger partial charge in [0.2, 0.25) is 0 Å². The van der Waals surface area contributed by atoms with E-state index in [4.69, 9.17) is 0 Å². The second-order valence-electron chi connectivity index (χ2n) is 8.15. The molecule has 0 spiro atoms. The van der Waals surface area contributed by atoms with Crippen molar-refractivity contribution < 1.29 is 18.0 Å². The molecule has 0 aliphatic rings. The number of aromatic nitrogens is 1. The van der Waals surface area contributed by atoms with Crippen molar-refractivity contribution in [3.63, 3.8) is 0 Å². The molecule has 0 saturated carbocycles. The van der Waals surface area contributed by atoms with Crippen LogP contribution in [0.4, 0.5) is 11.5 Å². The van der Waals surface area contributed by atoms with Gasteiger partial charge in [-0.2, -0.15) is 5.10 Å². The Labute approximate surface area is 220 Å². The summed E-state index contributed by atoms with van der Waals surface area (Å²) in [5.41, 5.74) is 4.63. The van der Waals surface area contributed by atoms with Crippen LogP contribution < -0.4 is 15.0 Å². The van der Waals surface area contributed by atoms with Gasteiger partial charge >= 0.3 is 0 Å². The van der Waals surface area contributed by atoms with Crippen molar-refractivity contribution in [1.29, 1.82) is 0 Å². The van der Waals surface area contributed by atoms with Crippen LogP contribution in [0.15, 0.2) is 119 Å². The van der Waals surface area contributed by atoms with Gasteiger partial charge in [0.25, 0.3) is 21.8 Å². The highest BCUT2D eigenvalue weighted by Crippen LogP contribution is 2.21. The van der Waals surface area contributed by atoms with E-state index in [0.717, 1.165) is 4.31 Å². The molecule has 4 rings (SSSR count). The molecule has 0 aliphatic carbocycles. The lowest BCUT2D eigenvalue weighted by Gasteiger charge is -2.22. The fourth-order valence-corrected chi connectivity index (χ4v) is 4.90. The van der Waals surface area contributed by atoms with Crippen LogP contribution >= 0.6 is 0 Å². The molecular weight excluding hydrogens is 502 g/mol. The molecule has 0 radical (unpaired) electrons. The Morgan fingerprint density at radius 3 is 2.18 bits per heavy atom. The molecule has 1 aromatic heterocycles. The monoisotopic (exact) mass is 527 g/mol. The van der Waals surface area contributed by atoms with Gasteiger partial charge in [-0.15, -0.1) is 0 Å². The molecule has 4 aromatic rings. The van der Waals surface area contributed by atoms with Crippen LogP contribution in [0.3, 0.4) is 0 Å². The Kier molecular flexibility index (Phi) is 8.24. The Bertz CT molecular complexity index is 1540. The summed E-state index contributed by atoms with van der Waals surface area (Å²) < 4.78 is 27.5. The van der Waals surface area contributed by atoms with E-state index in [1.54, 1.807) is 85.8 Å². The number of carbonyl (C=O) groups is 2. The van der Waals surface area contributed by atoms with E-state index in [1.165, 1.54) is 24.4 Å². The lowest BCUT2D eigenvalue weighted by Crippen LogP contribution is -2.40. The summed E-state index contributed by atoms with van der Waals surface area (Å²) >= 11 is 0. The smallest absolute Gasteiger partial charge is 0.265 e. The summed E-state index contributed by atoms with van der Waals surface area (Å²) in [6.07, 6.45) is 1.45. The molecule has 192 valence electrons. The molecule has 38 heavy (non-hydrogen) atoms. The van der Waals surface area contributed by atoms with Crippen molar-refractivity contribution in [2.24, 2.45) is 5.10 Å². The molecule has 10 heteroatoms. The van der Waals surface area contributed by atoms with E-state index in [-0.39, 0.29) is 16.6 Å². The molecule has 0 saturated heterocycles. The molecule has 1 heterocycles. The van der Waals surface area contributed by atoms with Gasteiger partial charge in [0.1, 0.15) is 12.4 Å². The molecule has 9 nitrogen and oxygen atoms in total. The Morgan fingerprint density at radius 1 is 0.842 bits per heavy atom. The first-order valence-electron chi connectivity index (χ1n) is 11.6. The number of rotatable bonds is 9. The molecule has 2 N–H and O–H groups in total. The maximum Gasteiger partial charge on any atom is 0.265 e. The molecule has 0 bridgehead atoms. The minimum Gasteiger partial charge on any atom is -0.322 e. The third-order valence-corrected chi connectivity index (χ3v) is 7.21. The number of pyridine rings is 1. The van der Waals surface area contributed by atoms with Crippen molar-refractivity contribution in [3.05, 3.63) is 120 Å². The average Bonchev–Trinajstić information content (AvgIpc) is 2.96. The summed E-state index contributed by atoms with van der Waals surface area (Å²) in [7, 11) is -4.06. The third kappa shape index (κ3) is 6.48.